The van der Waals surface area contributed by atoms with Crippen molar-refractivity contribution in [3.63, 3.8) is 0 Å². The van der Waals surface area contributed by atoms with Crippen molar-refractivity contribution in [3.05, 3.63) is 78.4 Å². The quantitative estimate of drug-likeness (QED) is 0.598. The molecule has 0 aliphatic heterocycles. The van der Waals surface area contributed by atoms with E-state index in [0.717, 1.165) is 11.3 Å². The second kappa shape index (κ2) is 9.23. The average molecular weight is 427 g/mol. The third kappa shape index (κ3) is 4.60. The van der Waals surface area contributed by atoms with Crippen LogP contribution in [-0.2, 0) is 10.0 Å². The minimum atomic E-state index is -3.54. The summed E-state index contributed by atoms with van der Waals surface area (Å²) in [5, 5.41) is 2.95. The van der Waals surface area contributed by atoms with Gasteiger partial charge in [-0.3, -0.25) is 4.79 Å². The predicted molar refractivity (Wildman–Crippen MR) is 116 cm³/mol. The number of carbonyl (C=O) groups is 1. The van der Waals surface area contributed by atoms with E-state index in [4.69, 9.17) is 0 Å². The number of imidazole rings is 1. The fraction of sp³-hybridized carbons (Fsp3) is 0.273. The van der Waals surface area contributed by atoms with Crippen LogP contribution in [-0.4, -0.2) is 41.3 Å². The Hall–Kier alpha value is -2.97. The molecule has 0 saturated heterocycles. The van der Waals surface area contributed by atoms with Crippen LogP contribution in [0.25, 0.3) is 5.69 Å². The number of sulfonamides is 1. The van der Waals surface area contributed by atoms with E-state index in [0.29, 0.717) is 18.7 Å². The Morgan fingerprint density at radius 3 is 2.23 bits per heavy atom. The molecule has 3 aromatic rings. The van der Waals surface area contributed by atoms with Crippen LogP contribution in [0, 0.1) is 0 Å². The summed E-state index contributed by atoms with van der Waals surface area (Å²) in [5.41, 5.74) is 2.36. The van der Waals surface area contributed by atoms with Gasteiger partial charge in [0.05, 0.1) is 17.3 Å². The molecule has 2 aromatic carbocycles. The molecule has 30 heavy (non-hydrogen) atoms. The molecular formula is C22H26N4O3S. The molecular weight excluding hydrogens is 400 g/mol. The summed E-state index contributed by atoms with van der Waals surface area (Å²) in [6.07, 6.45) is 5.31. The number of carbonyl (C=O) groups excluding carboxylic acids is 1. The summed E-state index contributed by atoms with van der Waals surface area (Å²) in [6.45, 7) is 6.30. The van der Waals surface area contributed by atoms with Crippen molar-refractivity contribution >= 4 is 15.9 Å². The van der Waals surface area contributed by atoms with Gasteiger partial charge in [-0.25, -0.2) is 13.4 Å². The number of hydrogen-bond donors (Lipinski definition) is 1. The number of nitrogens with one attached hydrogen (secondary N) is 1. The van der Waals surface area contributed by atoms with Gasteiger partial charge < -0.3 is 9.88 Å². The van der Waals surface area contributed by atoms with E-state index in [1.54, 1.807) is 38.5 Å². The van der Waals surface area contributed by atoms with E-state index in [-0.39, 0.29) is 16.8 Å². The van der Waals surface area contributed by atoms with Crippen LogP contribution in [0.15, 0.2) is 72.1 Å². The summed E-state index contributed by atoms with van der Waals surface area (Å²) < 4.78 is 28.4. The highest BCUT2D eigenvalue weighted by atomic mass is 32.2. The van der Waals surface area contributed by atoms with E-state index >= 15 is 0 Å². The smallest absolute Gasteiger partial charge is 0.251 e. The minimum Gasteiger partial charge on any atom is -0.346 e. The number of amides is 1. The Labute approximate surface area is 177 Å². The number of rotatable bonds is 8. The third-order valence-electron chi connectivity index (χ3n) is 5.00. The SMILES string of the molecule is CCN(CC)S(=O)(=O)c1ccc(C(=O)NC(C)c2ccc(-n3ccnc3)cc2)cc1. The lowest BCUT2D eigenvalue weighted by atomic mass is 10.1. The topological polar surface area (TPSA) is 84.3 Å². The van der Waals surface area contributed by atoms with Crippen LogP contribution >= 0.6 is 0 Å². The molecule has 158 valence electrons. The van der Waals surface area contributed by atoms with Crippen molar-refractivity contribution < 1.29 is 13.2 Å². The second-order valence-electron chi connectivity index (χ2n) is 6.87. The van der Waals surface area contributed by atoms with Crippen LogP contribution < -0.4 is 5.32 Å². The van der Waals surface area contributed by atoms with Gasteiger partial charge in [-0.1, -0.05) is 26.0 Å². The molecule has 0 spiro atoms. The zero-order valence-corrected chi connectivity index (χ0v) is 18.1. The lowest BCUT2D eigenvalue weighted by molar-refractivity contribution is 0.0940. The molecule has 0 radical (unpaired) electrons. The fourth-order valence-corrected chi connectivity index (χ4v) is 4.66. The first-order chi connectivity index (χ1) is 14.4. The van der Waals surface area contributed by atoms with Gasteiger partial charge in [0.25, 0.3) is 5.91 Å². The summed E-state index contributed by atoms with van der Waals surface area (Å²) in [4.78, 5) is 16.8. The Balaban J connectivity index is 1.68. The Bertz CT molecular complexity index is 1070. The maximum Gasteiger partial charge on any atom is 0.251 e. The van der Waals surface area contributed by atoms with Crippen molar-refractivity contribution in [2.75, 3.05) is 13.1 Å². The number of nitrogens with zero attached hydrogens (tertiary/aromatic N) is 3. The van der Waals surface area contributed by atoms with Gasteiger partial charge in [-0.2, -0.15) is 4.31 Å². The first-order valence-corrected chi connectivity index (χ1v) is 11.3. The van der Waals surface area contributed by atoms with Gasteiger partial charge in [0.15, 0.2) is 0 Å². The normalized spacial score (nSPS) is 12.7. The second-order valence-corrected chi connectivity index (χ2v) is 8.81. The van der Waals surface area contributed by atoms with Gasteiger partial charge >= 0.3 is 0 Å². The van der Waals surface area contributed by atoms with Gasteiger partial charge in [0, 0.05) is 36.7 Å². The predicted octanol–water partition coefficient (Wildman–Crippen LogP) is 3.39. The molecule has 0 aliphatic carbocycles. The molecule has 8 heteroatoms. The van der Waals surface area contributed by atoms with E-state index < -0.39 is 10.0 Å². The number of benzene rings is 2. The molecule has 0 saturated carbocycles. The summed E-state index contributed by atoms with van der Waals surface area (Å²) in [5.74, 6) is -0.257. The van der Waals surface area contributed by atoms with Gasteiger partial charge in [-0.05, 0) is 48.9 Å². The van der Waals surface area contributed by atoms with Crippen LogP contribution in [0.5, 0.6) is 0 Å². The zero-order chi connectivity index (χ0) is 21.7. The molecule has 1 amide bonds. The van der Waals surface area contributed by atoms with E-state index in [9.17, 15) is 13.2 Å². The number of aromatic nitrogens is 2. The maximum absolute atomic E-state index is 12.6. The van der Waals surface area contributed by atoms with E-state index in [1.165, 1.54) is 16.4 Å². The molecule has 1 heterocycles. The minimum absolute atomic E-state index is 0.186. The molecule has 1 aromatic heterocycles. The molecule has 0 fully saturated rings. The Kier molecular flexibility index (Phi) is 6.69. The number of hydrogen-bond acceptors (Lipinski definition) is 4. The van der Waals surface area contributed by atoms with Crippen molar-refractivity contribution in [1.29, 1.82) is 0 Å². The van der Waals surface area contributed by atoms with Crippen molar-refractivity contribution in [1.82, 2.24) is 19.2 Å². The molecule has 7 nitrogen and oxygen atoms in total. The largest absolute Gasteiger partial charge is 0.346 e. The monoisotopic (exact) mass is 426 g/mol. The lowest BCUT2D eigenvalue weighted by Crippen LogP contribution is -2.30. The average Bonchev–Trinajstić information content (AvgIpc) is 3.29. The van der Waals surface area contributed by atoms with Gasteiger partial charge in [0.1, 0.15) is 0 Å². The first kappa shape index (κ1) is 21.7. The standard InChI is InChI=1S/C22H26N4O3S/c1-4-26(5-2)30(28,29)21-12-8-19(9-13-21)22(27)24-17(3)18-6-10-20(11-7-18)25-15-14-23-16-25/h6-17H,4-5H2,1-3H3,(H,24,27). The van der Waals surface area contributed by atoms with E-state index in [2.05, 4.69) is 10.3 Å². The Morgan fingerprint density at radius 1 is 1.07 bits per heavy atom. The van der Waals surface area contributed by atoms with Crippen molar-refractivity contribution in [3.8, 4) is 5.69 Å². The highest BCUT2D eigenvalue weighted by molar-refractivity contribution is 7.89. The molecule has 1 unspecified atom stereocenters. The molecule has 1 N–H and O–H groups in total. The first-order valence-electron chi connectivity index (χ1n) is 9.86. The molecule has 0 bridgehead atoms. The Morgan fingerprint density at radius 2 is 1.70 bits per heavy atom. The molecule has 0 aliphatic rings. The summed E-state index contributed by atoms with van der Waals surface area (Å²) in [6, 6.07) is 13.7. The third-order valence-corrected chi connectivity index (χ3v) is 7.07. The highest BCUT2D eigenvalue weighted by Gasteiger charge is 2.22. The fourth-order valence-electron chi connectivity index (χ4n) is 3.20. The van der Waals surface area contributed by atoms with E-state index in [1.807, 2.05) is 42.0 Å². The lowest BCUT2D eigenvalue weighted by Gasteiger charge is -2.19. The van der Waals surface area contributed by atoms with Gasteiger partial charge in [-0.15, -0.1) is 0 Å². The zero-order valence-electron chi connectivity index (χ0n) is 17.3. The van der Waals surface area contributed by atoms with Crippen molar-refractivity contribution in [2.45, 2.75) is 31.7 Å². The molecule has 1 atom stereocenters. The van der Waals surface area contributed by atoms with Crippen LogP contribution in [0.2, 0.25) is 0 Å². The maximum atomic E-state index is 12.6. The summed E-state index contributed by atoms with van der Waals surface area (Å²) >= 11 is 0. The van der Waals surface area contributed by atoms with Crippen molar-refractivity contribution in [2.24, 2.45) is 0 Å². The summed E-state index contributed by atoms with van der Waals surface area (Å²) in [7, 11) is -3.54. The van der Waals surface area contributed by atoms with Crippen LogP contribution in [0.4, 0.5) is 0 Å². The van der Waals surface area contributed by atoms with Gasteiger partial charge in [0.2, 0.25) is 10.0 Å². The molecule has 3 rings (SSSR count). The van der Waals surface area contributed by atoms with Crippen LogP contribution in [0.1, 0.15) is 42.7 Å². The van der Waals surface area contributed by atoms with Crippen LogP contribution in [0.3, 0.4) is 0 Å². The highest BCUT2D eigenvalue weighted by Crippen LogP contribution is 2.18.